The number of piperidine rings is 1. The number of benzene rings is 2. The first-order valence-corrected chi connectivity index (χ1v) is 9.91. The Labute approximate surface area is 173 Å². The summed E-state index contributed by atoms with van der Waals surface area (Å²) in [6.45, 7) is 0.209. The average Bonchev–Trinajstić information content (AvgIpc) is 2.80. The number of hydrogen-bond acceptors (Lipinski definition) is 4. The summed E-state index contributed by atoms with van der Waals surface area (Å²) in [5.41, 5.74) is 2.19. The highest BCUT2D eigenvalue weighted by Gasteiger charge is 2.42. The second-order valence-electron chi connectivity index (χ2n) is 7.10. The molecule has 2 heterocycles. The molecule has 2 aromatic carbocycles. The Hall–Kier alpha value is -2.26. The summed E-state index contributed by atoms with van der Waals surface area (Å²) in [4.78, 5) is 13.5. The fourth-order valence-corrected chi connectivity index (χ4v) is 4.39. The molecule has 5 nitrogen and oxygen atoms in total. The van der Waals surface area contributed by atoms with Gasteiger partial charge >= 0.3 is 12.1 Å². The van der Waals surface area contributed by atoms with E-state index in [2.05, 4.69) is 26.1 Å². The van der Waals surface area contributed by atoms with Crippen LogP contribution < -0.4 is 15.0 Å². The van der Waals surface area contributed by atoms with Gasteiger partial charge in [-0.25, -0.2) is 0 Å². The number of carbonyl (C=O) groups excluding carboxylic acids is 1. The topological polar surface area (TPSA) is 61.8 Å². The standard InChI is InChI=1S/C20H18BrF3N2O3/c21-12-4-5-14-17(8-12)29-16-3-1-2-11(10-27)18(16)15-9-13(6-7-26(14)15)25-19(28)20(22,23)24/h1-5,8,13,15,27H,6-7,9-10H2,(H,25,28)/t13-,15-/m0/s1. The SMILES string of the molecule is O=C(N[C@H]1CCN2c3ccc(Br)cc3Oc3cccc(CO)c3[C@@H]2C1)C(F)(F)F. The van der Waals surface area contributed by atoms with E-state index in [1.807, 2.05) is 18.2 Å². The Morgan fingerprint density at radius 1 is 1.28 bits per heavy atom. The van der Waals surface area contributed by atoms with Gasteiger partial charge in [0.1, 0.15) is 5.75 Å². The van der Waals surface area contributed by atoms with Crippen LogP contribution in [0.1, 0.15) is 30.0 Å². The van der Waals surface area contributed by atoms with Crippen molar-refractivity contribution >= 4 is 27.5 Å². The van der Waals surface area contributed by atoms with Crippen LogP contribution in [0.3, 0.4) is 0 Å². The van der Waals surface area contributed by atoms with Crippen molar-refractivity contribution in [3.05, 3.63) is 52.0 Å². The quantitative estimate of drug-likeness (QED) is 0.681. The summed E-state index contributed by atoms with van der Waals surface area (Å²) in [7, 11) is 0. The molecule has 9 heteroatoms. The number of ether oxygens (including phenoxy) is 1. The summed E-state index contributed by atoms with van der Waals surface area (Å²) >= 11 is 3.43. The van der Waals surface area contributed by atoms with E-state index >= 15 is 0 Å². The van der Waals surface area contributed by atoms with Gasteiger partial charge in [0.2, 0.25) is 0 Å². The third-order valence-corrected chi connectivity index (χ3v) is 5.80. The zero-order valence-corrected chi connectivity index (χ0v) is 16.8. The van der Waals surface area contributed by atoms with Crippen LogP contribution in [0.2, 0.25) is 0 Å². The summed E-state index contributed by atoms with van der Waals surface area (Å²) in [5.74, 6) is -0.761. The van der Waals surface area contributed by atoms with E-state index in [9.17, 15) is 23.1 Å². The van der Waals surface area contributed by atoms with Gasteiger partial charge in [-0.2, -0.15) is 13.2 Å². The van der Waals surface area contributed by atoms with Crippen molar-refractivity contribution in [1.29, 1.82) is 0 Å². The van der Waals surface area contributed by atoms with Crippen LogP contribution in [0.5, 0.6) is 11.5 Å². The van der Waals surface area contributed by atoms with E-state index in [4.69, 9.17) is 4.74 Å². The number of amides is 1. The number of aliphatic hydroxyl groups excluding tert-OH is 1. The third-order valence-electron chi connectivity index (χ3n) is 5.31. The lowest BCUT2D eigenvalue weighted by molar-refractivity contribution is -0.174. The van der Waals surface area contributed by atoms with Crippen molar-refractivity contribution in [3.8, 4) is 11.5 Å². The number of fused-ring (bicyclic) bond motifs is 5. The molecule has 2 aromatic rings. The number of halogens is 4. The smallest absolute Gasteiger partial charge is 0.455 e. The van der Waals surface area contributed by atoms with E-state index in [1.54, 1.807) is 18.2 Å². The average molecular weight is 471 g/mol. The maximum atomic E-state index is 12.7. The maximum Gasteiger partial charge on any atom is 0.471 e. The minimum atomic E-state index is -4.92. The zero-order valence-electron chi connectivity index (χ0n) is 15.2. The van der Waals surface area contributed by atoms with Gasteiger partial charge in [-0.05, 0) is 42.7 Å². The van der Waals surface area contributed by atoms with Crippen molar-refractivity contribution in [2.45, 2.75) is 37.7 Å². The molecule has 0 aliphatic carbocycles. The van der Waals surface area contributed by atoms with Gasteiger partial charge in [0, 0.05) is 22.6 Å². The number of aliphatic hydroxyl groups is 1. The fraction of sp³-hybridized carbons (Fsp3) is 0.350. The molecule has 2 aliphatic rings. The molecular formula is C20H18BrF3N2O3. The van der Waals surface area contributed by atoms with Crippen molar-refractivity contribution in [3.63, 3.8) is 0 Å². The highest BCUT2D eigenvalue weighted by molar-refractivity contribution is 9.10. The second-order valence-corrected chi connectivity index (χ2v) is 8.02. The van der Waals surface area contributed by atoms with Crippen molar-refractivity contribution < 1.29 is 27.8 Å². The minimum Gasteiger partial charge on any atom is -0.455 e. The Morgan fingerprint density at radius 3 is 2.79 bits per heavy atom. The van der Waals surface area contributed by atoms with Crippen LogP contribution in [0.25, 0.3) is 0 Å². The Morgan fingerprint density at radius 2 is 2.07 bits per heavy atom. The molecule has 2 N–H and O–H groups in total. The molecular weight excluding hydrogens is 453 g/mol. The molecule has 29 heavy (non-hydrogen) atoms. The minimum absolute atomic E-state index is 0.226. The van der Waals surface area contributed by atoms with Crippen molar-refractivity contribution in [2.24, 2.45) is 0 Å². The molecule has 2 aliphatic heterocycles. The fourth-order valence-electron chi connectivity index (χ4n) is 4.05. The first-order valence-electron chi connectivity index (χ1n) is 9.12. The van der Waals surface area contributed by atoms with Crippen LogP contribution in [-0.4, -0.2) is 29.8 Å². The maximum absolute atomic E-state index is 12.7. The number of anilines is 1. The summed E-state index contributed by atoms with van der Waals surface area (Å²) in [6.07, 6.45) is -4.29. The van der Waals surface area contributed by atoms with Crippen LogP contribution in [0.15, 0.2) is 40.9 Å². The number of hydrogen-bond donors (Lipinski definition) is 2. The molecule has 0 spiro atoms. The van der Waals surface area contributed by atoms with Crippen molar-refractivity contribution in [2.75, 3.05) is 11.4 Å². The van der Waals surface area contributed by atoms with Gasteiger partial charge in [-0.3, -0.25) is 4.79 Å². The highest BCUT2D eigenvalue weighted by Crippen LogP contribution is 2.49. The van der Waals surface area contributed by atoms with E-state index in [-0.39, 0.29) is 19.1 Å². The van der Waals surface area contributed by atoms with Gasteiger partial charge < -0.3 is 20.1 Å². The van der Waals surface area contributed by atoms with E-state index in [0.717, 1.165) is 15.7 Å². The number of rotatable bonds is 2. The van der Waals surface area contributed by atoms with Crippen molar-refractivity contribution in [1.82, 2.24) is 5.32 Å². The molecule has 0 bridgehead atoms. The Bertz CT molecular complexity index is 951. The first-order chi connectivity index (χ1) is 13.8. The number of nitrogens with one attached hydrogen (secondary N) is 1. The molecule has 4 rings (SSSR count). The normalized spacial score (nSPS) is 20.7. The molecule has 154 valence electrons. The molecule has 0 saturated carbocycles. The molecule has 2 atom stereocenters. The number of nitrogens with zero attached hydrogens (tertiary/aromatic N) is 1. The summed E-state index contributed by atoms with van der Waals surface area (Å²) < 4.78 is 45.1. The monoisotopic (exact) mass is 470 g/mol. The first kappa shape index (κ1) is 20.0. The molecule has 1 fully saturated rings. The van der Waals surface area contributed by atoms with Gasteiger partial charge in [0.15, 0.2) is 5.75 Å². The lowest BCUT2D eigenvalue weighted by atomic mass is 9.88. The van der Waals surface area contributed by atoms with Gasteiger partial charge in [0.25, 0.3) is 0 Å². The number of carbonyl (C=O) groups is 1. The highest BCUT2D eigenvalue weighted by atomic mass is 79.9. The third kappa shape index (κ3) is 3.81. The van der Waals surface area contributed by atoms with E-state index in [0.29, 0.717) is 30.0 Å². The van der Waals surface area contributed by atoms with Gasteiger partial charge in [-0.15, -0.1) is 0 Å². The second kappa shape index (κ2) is 7.53. The largest absolute Gasteiger partial charge is 0.471 e. The van der Waals surface area contributed by atoms with Crippen LogP contribution in [0, 0.1) is 0 Å². The number of alkyl halides is 3. The molecule has 0 unspecified atom stereocenters. The van der Waals surface area contributed by atoms with Gasteiger partial charge in [-0.1, -0.05) is 28.1 Å². The lowest BCUT2D eigenvalue weighted by Gasteiger charge is -2.41. The predicted molar refractivity (Wildman–Crippen MR) is 104 cm³/mol. The summed E-state index contributed by atoms with van der Waals surface area (Å²) in [5, 5.41) is 12.0. The Kier molecular flexibility index (Phi) is 5.20. The molecule has 0 aromatic heterocycles. The molecule has 0 radical (unpaired) electrons. The lowest BCUT2D eigenvalue weighted by Crippen LogP contribution is -2.49. The Balaban J connectivity index is 1.75. The van der Waals surface area contributed by atoms with E-state index in [1.165, 1.54) is 0 Å². The van der Waals surface area contributed by atoms with Gasteiger partial charge in [0.05, 0.1) is 18.3 Å². The van der Waals surface area contributed by atoms with Crippen LogP contribution in [-0.2, 0) is 11.4 Å². The zero-order chi connectivity index (χ0) is 20.8. The molecule has 1 amide bonds. The van der Waals surface area contributed by atoms with Crippen LogP contribution >= 0.6 is 15.9 Å². The summed E-state index contributed by atoms with van der Waals surface area (Å²) in [6, 6.07) is 9.94. The van der Waals surface area contributed by atoms with E-state index < -0.39 is 18.1 Å². The predicted octanol–water partition coefficient (Wildman–Crippen LogP) is 4.44. The molecule has 1 saturated heterocycles. The van der Waals surface area contributed by atoms with Crippen LogP contribution in [0.4, 0.5) is 18.9 Å².